The highest BCUT2D eigenvalue weighted by Gasteiger charge is 2.38. The molecule has 0 radical (unpaired) electrons. The maximum atomic E-state index is 11.4. The molecular formula is C12H18N4O4. The van der Waals surface area contributed by atoms with Crippen LogP contribution in [0.1, 0.15) is 6.42 Å². The second-order valence-corrected chi connectivity index (χ2v) is 4.53. The largest absolute Gasteiger partial charge is 0.474 e. The Morgan fingerprint density at radius 3 is 2.95 bits per heavy atom. The van der Waals surface area contributed by atoms with Crippen molar-refractivity contribution in [2.75, 3.05) is 30.4 Å². The van der Waals surface area contributed by atoms with Crippen molar-refractivity contribution < 1.29 is 19.7 Å². The minimum absolute atomic E-state index is 0.0720. The van der Waals surface area contributed by atoms with E-state index in [1.54, 1.807) is 17.0 Å². The van der Waals surface area contributed by atoms with E-state index in [-0.39, 0.29) is 19.1 Å². The standard InChI is InChI=1S/C12H18N4O4/c13-7-1-2-9(15-12(7)20-6-5-17)16-4-3-8(18)10(16)11(14)19/h1-2,8,10,17-18H,3-6,13H2,(H2,14,19). The van der Waals surface area contributed by atoms with Crippen molar-refractivity contribution in [1.82, 2.24) is 4.98 Å². The first-order valence-corrected chi connectivity index (χ1v) is 6.28. The molecule has 0 spiro atoms. The van der Waals surface area contributed by atoms with Crippen molar-refractivity contribution in [3.05, 3.63) is 12.1 Å². The lowest BCUT2D eigenvalue weighted by molar-refractivity contribution is -0.120. The van der Waals surface area contributed by atoms with Crippen LogP contribution in [0, 0.1) is 0 Å². The zero-order valence-electron chi connectivity index (χ0n) is 10.9. The molecule has 1 aromatic rings. The van der Waals surface area contributed by atoms with Gasteiger partial charge in [0.15, 0.2) is 0 Å². The number of amides is 1. The van der Waals surface area contributed by atoms with Crippen LogP contribution in [-0.2, 0) is 4.79 Å². The van der Waals surface area contributed by atoms with Gasteiger partial charge in [0.25, 0.3) is 0 Å². The van der Waals surface area contributed by atoms with Crippen LogP contribution in [-0.4, -0.2) is 53.0 Å². The monoisotopic (exact) mass is 282 g/mol. The highest BCUT2D eigenvalue weighted by atomic mass is 16.5. The summed E-state index contributed by atoms with van der Waals surface area (Å²) in [5.41, 5.74) is 11.4. The van der Waals surface area contributed by atoms with E-state index in [2.05, 4.69) is 4.98 Å². The van der Waals surface area contributed by atoms with Gasteiger partial charge in [0.1, 0.15) is 18.5 Å². The van der Waals surface area contributed by atoms with Crippen molar-refractivity contribution in [2.24, 2.45) is 5.73 Å². The fourth-order valence-corrected chi connectivity index (χ4v) is 2.24. The first-order valence-electron chi connectivity index (χ1n) is 6.28. The van der Waals surface area contributed by atoms with Crippen LogP contribution in [0.5, 0.6) is 5.88 Å². The molecule has 8 nitrogen and oxygen atoms in total. The average molecular weight is 282 g/mol. The summed E-state index contributed by atoms with van der Waals surface area (Å²) >= 11 is 0. The smallest absolute Gasteiger partial charge is 0.242 e. The second kappa shape index (κ2) is 5.93. The number of primary amides is 1. The number of aliphatic hydroxyl groups is 2. The summed E-state index contributed by atoms with van der Waals surface area (Å²) in [5, 5.41) is 18.5. The number of nitrogen functional groups attached to an aromatic ring is 1. The molecule has 2 atom stereocenters. The van der Waals surface area contributed by atoms with Crippen LogP contribution < -0.4 is 21.1 Å². The number of aliphatic hydroxyl groups excluding tert-OH is 2. The number of carbonyl (C=O) groups excluding carboxylic acids is 1. The molecule has 1 aliphatic rings. The molecule has 0 aromatic carbocycles. The Balaban J connectivity index is 2.26. The van der Waals surface area contributed by atoms with Crippen molar-refractivity contribution in [3.63, 3.8) is 0 Å². The third-order valence-corrected chi connectivity index (χ3v) is 3.16. The normalized spacial score (nSPS) is 22.0. The molecule has 2 rings (SSSR count). The Kier molecular flexibility index (Phi) is 4.26. The van der Waals surface area contributed by atoms with Crippen LogP contribution in [0.4, 0.5) is 11.5 Å². The van der Waals surface area contributed by atoms with E-state index in [4.69, 9.17) is 21.3 Å². The van der Waals surface area contributed by atoms with Crippen molar-refractivity contribution in [1.29, 1.82) is 0 Å². The zero-order chi connectivity index (χ0) is 14.7. The lowest BCUT2D eigenvalue weighted by atomic mass is 10.1. The van der Waals surface area contributed by atoms with E-state index < -0.39 is 18.1 Å². The molecule has 1 saturated heterocycles. The maximum absolute atomic E-state index is 11.4. The number of nitrogens with zero attached hydrogens (tertiary/aromatic N) is 2. The van der Waals surface area contributed by atoms with Gasteiger partial charge in [0, 0.05) is 6.54 Å². The third kappa shape index (κ3) is 2.75. The molecule has 8 heteroatoms. The SMILES string of the molecule is NC(=O)C1C(O)CCN1c1ccc(N)c(OCCO)n1. The second-order valence-electron chi connectivity index (χ2n) is 4.53. The van der Waals surface area contributed by atoms with Crippen LogP contribution >= 0.6 is 0 Å². The Hall–Kier alpha value is -2.06. The topological polar surface area (TPSA) is 135 Å². The van der Waals surface area contributed by atoms with Crippen molar-refractivity contribution in [3.8, 4) is 5.88 Å². The third-order valence-electron chi connectivity index (χ3n) is 3.16. The van der Waals surface area contributed by atoms with Crippen LogP contribution in [0.25, 0.3) is 0 Å². The molecule has 6 N–H and O–H groups in total. The number of ether oxygens (including phenoxy) is 1. The number of hydrogen-bond donors (Lipinski definition) is 4. The quantitative estimate of drug-likeness (QED) is 0.514. The zero-order valence-corrected chi connectivity index (χ0v) is 10.9. The van der Waals surface area contributed by atoms with Gasteiger partial charge >= 0.3 is 0 Å². The van der Waals surface area contributed by atoms with E-state index in [0.29, 0.717) is 24.5 Å². The van der Waals surface area contributed by atoms with Gasteiger partial charge in [-0.1, -0.05) is 0 Å². The average Bonchev–Trinajstić information content (AvgIpc) is 2.80. The van der Waals surface area contributed by atoms with Crippen LogP contribution in [0.3, 0.4) is 0 Å². The minimum Gasteiger partial charge on any atom is -0.474 e. The molecule has 2 heterocycles. The molecule has 2 unspecified atom stereocenters. The molecule has 0 saturated carbocycles. The molecule has 110 valence electrons. The number of nitrogens with two attached hydrogens (primary N) is 2. The molecular weight excluding hydrogens is 264 g/mol. The van der Waals surface area contributed by atoms with Gasteiger partial charge in [-0.05, 0) is 18.6 Å². The van der Waals surface area contributed by atoms with Gasteiger partial charge in [0.2, 0.25) is 11.8 Å². The molecule has 0 bridgehead atoms. The summed E-state index contributed by atoms with van der Waals surface area (Å²) in [6, 6.07) is 2.42. The summed E-state index contributed by atoms with van der Waals surface area (Å²) in [7, 11) is 0. The van der Waals surface area contributed by atoms with Crippen LogP contribution in [0.2, 0.25) is 0 Å². The predicted octanol–water partition coefficient (Wildman–Crippen LogP) is -1.54. The first kappa shape index (κ1) is 14.4. The van der Waals surface area contributed by atoms with Gasteiger partial charge in [-0.3, -0.25) is 4.79 Å². The molecule has 1 aromatic heterocycles. The van der Waals surface area contributed by atoms with E-state index in [1.807, 2.05) is 0 Å². The van der Waals surface area contributed by atoms with Crippen LogP contribution in [0.15, 0.2) is 12.1 Å². The van der Waals surface area contributed by atoms with E-state index in [0.717, 1.165) is 0 Å². The predicted molar refractivity (Wildman–Crippen MR) is 72.2 cm³/mol. The highest BCUT2D eigenvalue weighted by Crippen LogP contribution is 2.28. The molecule has 1 aliphatic heterocycles. The Morgan fingerprint density at radius 2 is 2.30 bits per heavy atom. The minimum atomic E-state index is -0.811. The molecule has 1 fully saturated rings. The van der Waals surface area contributed by atoms with Crippen molar-refractivity contribution >= 4 is 17.4 Å². The Morgan fingerprint density at radius 1 is 1.55 bits per heavy atom. The van der Waals surface area contributed by atoms with Gasteiger partial charge in [-0.2, -0.15) is 4.98 Å². The number of rotatable bonds is 5. The highest BCUT2D eigenvalue weighted by molar-refractivity contribution is 5.85. The molecule has 0 aliphatic carbocycles. The van der Waals surface area contributed by atoms with Gasteiger partial charge in [0.05, 0.1) is 18.4 Å². The molecule has 1 amide bonds. The summed E-state index contributed by atoms with van der Waals surface area (Å²) in [6.07, 6.45) is -0.374. The Bertz CT molecular complexity index is 496. The number of carbonyl (C=O) groups is 1. The van der Waals surface area contributed by atoms with Gasteiger partial charge < -0.3 is 31.3 Å². The lowest BCUT2D eigenvalue weighted by Crippen LogP contribution is -2.46. The number of hydrogen-bond acceptors (Lipinski definition) is 7. The fourth-order valence-electron chi connectivity index (χ4n) is 2.24. The maximum Gasteiger partial charge on any atom is 0.242 e. The van der Waals surface area contributed by atoms with E-state index >= 15 is 0 Å². The molecule has 20 heavy (non-hydrogen) atoms. The van der Waals surface area contributed by atoms with E-state index in [1.165, 1.54) is 0 Å². The lowest BCUT2D eigenvalue weighted by Gasteiger charge is -2.25. The Labute approximate surface area is 116 Å². The number of anilines is 2. The first-order chi connectivity index (χ1) is 9.54. The summed E-state index contributed by atoms with van der Waals surface area (Å²) in [5.74, 6) is 0.0279. The number of aromatic nitrogens is 1. The fraction of sp³-hybridized carbons (Fsp3) is 0.500. The summed E-state index contributed by atoms with van der Waals surface area (Å²) in [6.45, 7) is 0.380. The van der Waals surface area contributed by atoms with Gasteiger partial charge in [-0.25, -0.2) is 0 Å². The van der Waals surface area contributed by atoms with Crippen molar-refractivity contribution in [2.45, 2.75) is 18.6 Å². The van der Waals surface area contributed by atoms with Gasteiger partial charge in [-0.15, -0.1) is 0 Å². The van der Waals surface area contributed by atoms with E-state index in [9.17, 15) is 9.90 Å². The number of pyridine rings is 1. The summed E-state index contributed by atoms with van der Waals surface area (Å²) in [4.78, 5) is 17.3. The summed E-state index contributed by atoms with van der Waals surface area (Å²) < 4.78 is 5.22.